The van der Waals surface area contributed by atoms with Gasteiger partial charge in [-0.2, -0.15) is 0 Å². The zero-order chi connectivity index (χ0) is 11.5. The number of aromatic nitrogens is 2. The second kappa shape index (κ2) is 4.72. The van der Waals surface area contributed by atoms with Crippen LogP contribution in [0.15, 0.2) is 24.5 Å². The molecule has 0 aliphatic heterocycles. The molecule has 0 aliphatic rings. The van der Waals surface area contributed by atoms with Gasteiger partial charge in [0, 0.05) is 17.3 Å². The predicted octanol–water partition coefficient (Wildman–Crippen LogP) is 2.46. The Hall–Kier alpha value is -1.26. The highest BCUT2D eigenvalue weighted by Gasteiger charge is 2.16. The average molecular weight is 233 g/mol. The molecule has 0 saturated heterocycles. The fourth-order valence-electron chi connectivity index (χ4n) is 1.60. The zero-order valence-corrected chi connectivity index (χ0v) is 10.5. The van der Waals surface area contributed by atoms with Crippen LogP contribution < -0.4 is 5.32 Å². The first kappa shape index (κ1) is 11.2. The van der Waals surface area contributed by atoms with E-state index in [2.05, 4.69) is 28.3 Å². The van der Waals surface area contributed by atoms with Crippen molar-refractivity contribution in [3.63, 3.8) is 0 Å². The fraction of sp³-hybridized carbons (Fsp3) is 0.333. The molecule has 0 aromatic carbocycles. The van der Waals surface area contributed by atoms with Crippen LogP contribution >= 0.6 is 11.3 Å². The Morgan fingerprint density at radius 1 is 1.38 bits per heavy atom. The number of hydrogen-bond donors (Lipinski definition) is 1. The molecule has 0 spiro atoms. The number of aryl methyl sites for hydroxylation is 2. The van der Waals surface area contributed by atoms with Gasteiger partial charge in [0.2, 0.25) is 0 Å². The minimum absolute atomic E-state index is 0.145. The Bertz CT molecular complexity index is 445. The van der Waals surface area contributed by atoms with Gasteiger partial charge in [0.1, 0.15) is 5.01 Å². The monoisotopic (exact) mass is 233 g/mol. The quantitative estimate of drug-likeness (QED) is 0.885. The molecule has 16 heavy (non-hydrogen) atoms. The van der Waals surface area contributed by atoms with Crippen molar-refractivity contribution in [2.45, 2.75) is 19.9 Å². The van der Waals surface area contributed by atoms with Crippen molar-refractivity contribution in [1.82, 2.24) is 15.3 Å². The molecule has 2 rings (SSSR count). The fourth-order valence-corrected chi connectivity index (χ4v) is 2.66. The summed E-state index contributed by atoms with van der Waals surface area (Å²) in [5, 5.41) is 4.39. The molecule has 0 amide bonds. The predicted molar refractivity (Wildman–Crippen MR) is 66.7 cm³/mol. The standard InChI is InChI=1S/C12H15N3S/c1-8-9(2)16-12(15-8)11(13-3)10-5-4-6-14-7-10/h4-7,11,13H,1-3H3. The molecular formula is C12H15N3S. The normalized spacial score (nSPS) is 12.7. The molecule has 0 bridgehead atoms. The average Bonchev–Trinajstić information content (AvgIpc) is 2.61. The van der Waals surface area contributed by atoms with Gasteiger partial charge in [0.25, 0.3) is 0 Å². The zero-order valence-electron chi connectivity index (χ0n) is 9.69. The first-order valence-electron chi connectivity index (χ1n) is 5.23. The third-order valence-corrected chi connectivity index (χ3v) is 3.74. The summed E-state index contributed by atoms with van der Waals surface area (Å²) in [6, 6.07) is 4.17. The van der Waals surface area contributed by atoms with Gasteiger partial charge in [-0.3, -0.25) is 4.98 Å². The SMILES string of the molecule is CNC(c1cccnc1)c1nc(C)c(C)s1. The molecule has 0 radical (unpaired) electrons. The third kappa shape index (κ3) is 2.13. The van der Waals surface area contributed by atoms with Crippen LogP contribution in [-0.4, -0.2) is 17.0 Å². The van der Waals surface area contributed by atoms with Crippen molar-refractivity contribution in [3.05, 3.63) is 45.7 Å². The van der Waals surface area contributed by atoms with Crippen LogP contribution in [0.25, 0.3) is 0 Å². The van der Waals surface area contributed by atoms with Crippen molar-refractivity contribution in [2.24, 2.45) is 0 Å². The minimum Gasteiger partial charge on any atom is -0.307 e. The molecule has 2 aromatic rings. The third-order valence-electron chi connectivity index (χ3n) is 2.60. The lowest BCUT2D eigenvalue weighted by molar-refractivity contribution is 0.682. The van der Waals surface area contributed by atoms with E-state index in [-0.39, 0.29) is 6.04 Å². The van der Waals surface area contributed by atoms with Crippen molar-refractivity contribution in [2.75, 3.05) is 7.05 Å². The van der Waals surface area contributed by atoms with E-state index in [1.54, 1.807) is 17.5 Å². The summed E-state index contributed by atoms with van der Waals surface area (Å²) in [6.45, 7) is 4.15. The molecule has 2 aromatic heterocycles. The van der Waals surface area contributed by atoms with Crippen molar-refractivity contribution in [1.29, 1.82) is 0 Å². The van der Waals surface area contributed by atoms with Crippen LogP contribution in [0.5, 0.6) is 0 Å². The van der Waals surface area contributed by atoms with Gasteiger partial charge in [-0.05, 0) is 32.5 Å². The summed E-state index contributed by atoms with van der Waals surface area (Å²) in [6.07, 6.45) is 3.67. The van der Waals surface area contributed by atoms with Crippen LogP contribution in [0, 0.1) is 13.8 Å². The van der Waals surface area contributed by atoms with E-state index in [1.165, 1.54) is 4.88 Å². The van der Waals surface area contributed by atoms with Gasteiger partial charge in [-0.15, -0.1) is 11.3 Å². The molecule has 3 nitrogen and oxygen atoms in total. The highest BCUT2D eigenvalue weighted by atomic mass is 32.1. The molecule has 1 N–H and O–H groups in total. The molecule has 4 heteroatoms. The largest absolute Gasteiger partial charge is 0.307 e. The summed E-state index contributed by atoms with van der Waals surface area (Å²) in [7, 11) is 1.95. The maximum atomic E-state index is 4.59. The van der Waals surface area contributed by atoms with Crippen molar-refractivity contribution >= 4 is 11.3 Å². The lowest BCUT2D eigenvalue weighted by Gasteiger charge is -2.12. The Morgan fingerprint density at radius 3 is 2.69 bits per heavy atom. The van der Waals surface area contributed by atoms with E-state index in [4.69, 9.17) is 0 Å². The van der Waals surface area contributed by atoms with Gasteiger partial charge < -0.3 is 5.32 Å². The Balaban J connectivity index is 2.37. The first-order valence-corrected chi connectivity index (χ1v) is 6.05. The molecule has 0 fully saturated rings. The number of pyridine rings is 1. The second-order valence-electron chi connectivity index (χ2n) is 3.70. The van der Waals surface area contributed by atoms with Gasteiger partial charge in [0.15, 0.2) is 0 Å². The van der Waals surface area contributed by atoms with E-state index in [0.29, 0.717) is 0 Å². The molecule has 1 unspecified atom stereocenters. The first-order chi connectivity index (χ1) is 7.72. The van der Waals surface area contributed by atoms with Crippen LogP contribution in [0.2, 0.25) is 0 Å². The number of rotatable bonds is 3. The molecular weight excluding hydrogens is 218 g/mol. The lowest BCUT2D eigenvalue weighted by atomic mass is 10.1. The summed E-state index contributed by atoms with van der Waals surface area (Å²) >= 11 is 1.74. The number of nitrogens with zero attached hydrogens (tertiary/aromatic N) is 2. The van der Waals surface area contributed by atoms with Crippen LogP contribution in [0.3, 0.4) is 0 Å². The molecule has 0 saturated carbocycles. The van der Waals surface area contributed by atoms with E-state index in [9.17, 15) is 0 Å². The van der Waals surface area contributed by atoms with Crippen LogP contribution in [0.1, 0.15) is 27.2 Å². The summed E-state index contributed by atoms with van der Waals surface area (Å²) in [5.41, 5.74) is 2.27. The molecule has 1 atom stereocenters. The van der Waals surface area contributed by atoms with Crippen LogP contribution in [0.4, 0.5) is 0 Å². The van der Waals surface area contributed by atoms with E-state index in [0.717, 1.165) is 16.3 Å². The summed E-state index contributed by atoms with van der Waals surface area (Å²) in [5.74, 6) is 0. The van der Waals surface area contributed by atoms with E-state index in [1.807, 2.05) is 26.2 Å². The Morgan fingerprint density at radius 2 is 2.19 bits per heavy atom. The van der Waals surface area contributed by atoms with E-state index >= 15 is 0 Å². The van der Waals surface area contributed by atoms with Gasteiger partial charge in [-0.1, -0.05) is 6.07 Å². The number of thiazole rings is 1. The number of hydrogen-bond acceptors (Lipinski definition) is 4. The summed E-state index contributed by atoms with van der Waals surface area (Å²) < 4.78 is 0. The maximum Gasteiger partial charge on any atom is 0.115 e. The highest BCUT2D eigenvalue weighted by Crippen LogP contribution is 2.26. The topological polar surface area (TPSA) is 37.8 Å². The Labute approximate surface area is 99.6 Å². The van der Waals surface area contributed by atoms with Crippen LogP contribution in [-0.2, 0) is 0 Å². The van der Waals surface area contributed by atoms with Crippen molar-refractivity contribution < 1.29 is 0 Å². The Kier molecular flexibility index (Phi) is 3.31. The number of nitrogens with one attached hydrogen (secondary N) is 1. The summed E-state index contributed by atoms with van der Waals surface area (Å²) in [4.78, 5) is 10.0. The highest BCUT2D eigenvalue weighted by molar-refractivity contribution is 7.11. The molecule has 0 aliphatic carbocycles. The van der Waals surface area contributed by atoms with E-state index < -0.39 is 0 Å². The van der Waals surface area contributed by atoms with Gasteiger partial charge >= 0.3 is 0 Å². The molecule has 84 valence electrons. The smallest absolute Gasteiger partial charge is 0.115 e. The second-order valence-corrected chi connectivity index (χ2v) is 4.94. The maximum absolute atomic E-state index is 4.59. The molecule has 2 heterocycles. The minimum atomic E-state index is 0.145. The lowest BCUT2D eigenvalue weighted by Crippen LogP contribution is -2.17. The van der Waals surface area contributed by atoms with Crippen molar-refractivity contribution in [3.8, 4) is 0 Å². The van der Waals surface area contributed by atoms with Gasteiger partial charge in [-0.25, -0.2) is 4.98 Å². The van der Waals surface area contributed by atoms with Gasteiger partial charge in [0.05, 0.1) is 11.7 Å².